The molecule has 0 saturated carbocycles. The minimum atomic E-state index is 0.265. The van der Waals surface area contributed by atoms with E-state index in [-0.39, 0.29) is 11.9 Å². The van der Waals surface area contributed by atoms with Crippen LogP contribution in [-0.4, -0.2) is 23.9 Å². The van der Waals surface area contributed by atoms with Crippen LogP contribution in [0, 0.1) is 0 Å². The van der Waals surface area contributed by atoms with E-state index in [1.807, 2.05) is 30.1 Å². The molecule has 1 amide bonds. The summed E-state index contributed by atoms with van der Waals surface area (Å²) in [6, 6.07) is 10.6. The molecule has 0 heterocycles. The molecule has 1 atom stereocenters. The van der Waals surface area contributed by atoms with Crippen LogP contribution >= 0.6 is 0 Å². The Balaban J connectivity index is 2.40. The largest absolute Gasteiger partial charge is 0.343 e. The van der Waals surface area contributed by atoms with E-state index in [0.29, 0.717) is 6.42 Å². The predicted molar refractivity (Wildman–Crippen MR) is 76.5 cm³/mol. The molecule has 0 radical (unpaired) electrons. The minimum Gasteiger partial charge on any atom is -0.343 e. The van der Waals surface area contributed by atoms with Crippen molar-refractivity contribution < 1.29 is 4.79 Å². The highest BCUT2D eigenvalue weighted by molar-refractivity contribution is 5.76. The Hall–Kier alpha value is -1.31. The van der Waals surface area contributed by atoms with Crippen molar-refractivity contribution in [2.24, 2.45) is 0 Å². The van der Waals surface area contributed by atoms with Crippen LogP contribution in [0.3, 0.4) is 0 Å². The maximum atomic E-state index is 12.0. The third-order valence-electron chi connectivity index (χ3n) is 3.42. The van der Waals surface area contributed by atoms with E-state index < -0.39 is 0 Å². The molecule has 0 aromatic heterocycles. The van der Waals surface area contributed by atoms with Crippen LogP contribution in [0.2, 0.25) is 0 Å². The van der Waals surface area contributed by atoms with E-state index in [0.717, 1.165) is 25.7 Å². The SMILES string of the molecule is CCCCCC(=O)N(C)C(C)Cc1ccccc1. The maximum Gasteiger partial charge on any atom is 0.222 e. The Kier molecular flexibility index (Phi) is 6.48. The second-order valence-electron chi connectivity index (χ2n) is 5.00. The summed E-state index contributed by atoms with van der Waals surface area (Å²) in [6.07, 6.45) is 4.93. The Bertz CT molecular complexity index is 347. The lowest BCUT2D eigenvalue weighted by molar-refractivity contribution is -0.131. The van der Waals surface area contributed by atoms with Gasteiger partial charge in [0.2, 0.25) is 5.91 Å². The summed E-state index contributed by atoms with van der Waals surface area (Å²) in [6.45, 7) is 4.27. The molecular formula is C16H25NO. The highest BCUT2D eigenvalue weighted by Gasteiger charge is 2.15. The number of likely N-dealkylation sites (N-methyl/N-ethyl adjacent to an activating group) is 1. The van der Waals surface area contributed by atoms with Crippen molar-refractivity contribution in [3.8, 4) is 0 Å². The topological polar surface area (TPSA) is 20.3 Å². The predicted octanol–water partition coefficient (Wildman–Crippen LogP) is 3.66. The molecule has 0 aliphatic carbocycles. The van der Waals surface area contributed by atoms with E-state index in [1.54, 1.807) is 0 Å². The van der Waals surface area contributed by atoms with Crippen molar-refractivity contribution in [1.82, 2.24) is 4.90 Å². The fraction of sp³-hybridized carbons (Fsp3) is 0.562. The lowest BCUT2D eigenvalue weighted by Gasteiger charge is -2.25. The molecule has 0 saturated heterocycles. The number of rotatable bonds is 7. The first-order valence-electron chi connectivity index (χ1n) is 6.94. The van der Waals surface area contributed by atoms with Crippen LogP contribution in [0.15, 0.2) is 30.3 Å². The van der Waals surface area contributed by atoms with Crippen LogP contribution in [0.4, 0.5) is 0 Å². The summed E-state index contributed by atoms with van der Waals surface area (Å²) in [4.78, 5) is 13.9. The summed E-state index contributed by atoms with van der Waals surface area (Å²) >= 11 is 0. The monoisotopic (exact) mass is 247 g/mol. The lowest BCUT2D eigenvalue weighted by Crippen LogP contribution is -2.36. The first-order valence-corrected chi connectivity index (χ1v) is 6.94. The van der Waals surface area contributed by atoms with Gasteiger partial charge >= 0.3 is 0 Å². The van der Waals surface area contributed by atoms with Gasteiger partial charge in [-0.1, -0.05) is 50.1 Å². The third-order valence-corrected chi connectivity index (χ3v) is 3.42. The van der Waals surface area contributed by atoms with Gasteiger partial charge in [-0.05, 0) is 25.3 Å². The number of amides is 1. The fourth-order valence-electron chi connectivity index (χ4n) is 2.04. The molecule has 1 unspecified atom stereocenters. The minimum absolute atomic E-state index is 0.265. The Morgan fingerprint density at radius 1 is 1.22 bits per heavy atom. The van der Waals surface area contributed by atoms with E-state index in [1.165, 1.54) is 5.56 Å². The van der Waals surface area contributed by atoms with Crippen molar-refractivity contribution in [2.45, 2.75) is 52.0 Å². The van der Waals surface area contributed by atoms with Crippen LogP contribution in [0.5, 0.6) is 0 Å². The number of carbonyl (C=O) groups is 1. The van der Waals surface area contributed by atoms with Gasteiger partial charge in [-0.3, -0.25) is 4.79 Å². The second-order valence-corrected chi connectivity index (χ2v) is 5.00. The standard InChI is InChI=1S/C16H25NO/c1-4-5-7-12-16(18)17(3)14(2)13-15-10-8-6-9-11-15/h6,8-11,14H,4-5,7,12-13H2,1-3H3. The number of hydrogen-bond donors (Lipinski definition) is 0. The van der Waals surface area contributed by atoms with E-state index in [4.69, 9.17) is 0 Å². The van der Waals surface area contributed by atoms with Crippen LogP contribution in [0.25, 0.3) is 0 Å². The normalized spacial score (nSPS) is 12.2. The van der Waals surface area contributed by atoms with Crippen molar-refractivity contribution >= 4 is 5.91 Å². The molecule has 1 rings (SSSR count). The van der Waals surface area contributed by atoms with Crippen molar-refractivity contribution in [3.63, 3.8) is 0 Å². The number of benzene rings is 1. The summed E-state index contributed by atoms with van der Waals surface area (Å²) in [7, 11) is 1.92. The zero-order valence-corrected chi connectivity index (χ0v) is 11.9. The quantitative estimate of drug-likeness (QED) is 0.673. The molecule has 0 N–H and O–H groups in total. The number of hydrogen-bond acceptors (Lipinski definition) is 1. The highest BCUT2D eigenvalue weighted by atomic mass is 16.2. The summed E-state index contributed by atoms with van der Waals surface area (Å²) in [5, 5.41) is 0. The molecule has 0 aliphatic rings. The van der Waals surface area contributed by atoms with Gasteiger partial charge in [0.1, 0.15) is 0 Å². The average molecular weight is 247 g/mol. The summed E-state index contributed by atoms with van der Waals surface area (Å²) in [5.74, 6) is 0.270. The molecular weight excluding hydrogens is 222 g/mol. The van der Waals surface area contributed by atoms with Gasteiger partial charge in [-0.25, -0.2) is 0 Å². The lowest BCUT2D eigenvalue weighted by atomic mass is 10.1. The van der Waals surface area contributed by atoms with Crippen molar-refractivity contribution in [1.29, 1.82) is 0 Å². The molecule has 100 valence electrons. The van der Waals surface area contributed by atoms with Crippen molar-refractivity contribution in [3.05, 3.63) is 35.9 Å². The fourth-order valence-corrected chi connectivity index (χ4v) is 2.04. The van der Waals surface area contributed by atoms with Crippen LogP contribution < -0.4 is 0 Å². The van der Waals surface area contributed by atoms with Crippen molar-refractivity contribution in [2.75, 3.05) is 7.05 Å². The average Bonchev–Trinajstić information content (AvgIpc) is 2.39. The maximum absolute atomic E-state index is 12.0. The van der Waals surface area contributed by atoms with Gasteiger partial charge in [0.05, 0.1) is 0 Å². The summed E-state index contributed by atoms with van der Waals surface area (Å²) in [5.41, 5.74) is 1.29. The Morgan fingerprint density at radius 3 is 2.50 bits per heavy atom. The molecule has 0 bridgehead atoms. The Labute approximate surface area is 111 Å². The number of unbranched alkanes of at least 4 members (excludes halogenated alkanes) is 2. The molecule has 18 heavy (non-hydrogen) atoms. The first kappa shape index (κ1) is 14.7. The van der Waals surface area contributed by atoms with E-state index in [2.05, 4.69) is 26.0 Å². The number of nitrogens with zero attached hydrogens (tertiary/aromatic N) is 1. The van der Waals surface area contributed by atoms with E-state index >= 15 is 0 Å². The van der Waals surface area contributed by atoms with E-state index in [9.17, 15) is 4.79 Å². The van der Waals surface area contributed by atoms with Crippen LogP contribution in [-0.2, 0) is 11.2 Å². The smallest absolute Gasteiger partial charge is 0.222 e. The molecule has 0 aliphatic heterocycles. The van der Waals surface area contributed by atoms with Crippen LogP contribution in [0.1, 0.15) is 45.1 Å². The summed E-state index contributed by atoms with van der Waals surface area (Å²) < 4.78 is 0. The molecule has 1 aromatic rings. The van der Waals surface area contributed by atoms with Gasteiger partial charge in [0, 0.05) is 19.5 Å². The zero-order valence-electron chi connectivity index (χ0n) is 11.9. The Morgan fingerprint density at radius 2 is 1.89 bits per heavy atom. The molecule has 0 fully saturated rings. The van der Waals surface area contributed by atoms with Gasteiger partial charge < -0.3 is 4.90 Å². The molecule has 2 nitrogen and oxygen atoms in total. The third kappa shape index (κ3) is 4.91. The zero-order chi connectivity index (χ0) is 13.4. The molecule has 0 spiro atoms. The van der Waals surface area contributed by atoms with Gasteiger partial charge in [0.15, 0.2) is 0 Å². The molecule has 2 heteroatoms. The second kappa shape index (κ2) is 7.91. The number of carbonyl (C=O) groups excluding carboxylic acids is 1. The highest BCUT2D eigenvalue weighted by Crippen LogP contribution is 2.10. The van der Waals surface area contributed by atoms with Gasteiger partial charge in [-0.2, -0.15) is 0 Å². The van der Waals surface area contributed by atoms with Gasteiger partial charge in [0.25, 0.3) is 0 Å². The van der Waals surface area contributed by atoms with Gasteiger partial charge in [-0.15, -0.1) is 0 Å². The molecule has 1 aromatic carbocycles. The first-order chi connectivity index (χ1) is 8.65.